The molecule has 1 aliphatic rings. The topological polar surface area (TPSA) is 54.8 Å². The predicted molar refractivity (Wildman–Crippen MR) is 126 cm³/mol. The first kappa shape index (κ1) is 22.1. The van der Waals surface area contributed by atoms with Crippen LogP contribution in [0.1, 0.15) is 15.9 Å². The molecule has 6 nitrogen and oxygen atoms in total. The molecule has 0 bridgehead atoms. The minimum Gasteiger partial charge on any atom is -0.492 e. The quantitative estimate of drug-likeness (QED) is 0.552. The van der Waals surface area contributed by atoms with E-state index in [0.29, 0.717) is 36.8 Å². The third-order valence-electron chi connectivity index (χ3n) is 5.61. The van der Waals surface area contributed by atoms with Gasteiger partial charge in [-0.1, -0.05) is 48.0 Å². The Hall–Kier alpha value is -3.09. The Kier molecular flexibility index (Phi) is 7.24. The summed E-state index contributed by atoms with van der Waals surface area (Å²) in [7, 11) is 0. The largest absolute Gasteiger partial charge is 0.492 e. The second kappa shape index (κ2) is 10.5. The molecular formula is C25H26ClN3O3. The van der Waals surface area contributed by atoms with E-state index in [9.17, 15) is 9.59 Å². The van der Waals surface area contributed by atoms with E-state index < -0.39 is 0 Å². The van der Waals surface area contributed by atoms with Crippen molar-refractivity contribution in [3.05, 3.63) is 99.4 Å². The van der Waals surface area contributed by atoms with Crippen molar-refractivity contribution in [1.82, 2.24) is 14.4 Å². The highest BCUT2D eigenvalue weighted by molar-refractivity contribution is 6.31. The molecule has 2 aromatic carbocycles. The molecule has 0 atom stereocenters. The Morgan fingerprint density at radius 3 is 2.38 bits per heavy atom. The SMILES string of the molecule is O=C(c1ccc(=O)n(Cc2ccccc2Cl)c1)N1CCN(CCOc2ccccc2)CC1. The Morgan fingerprint density at radius 1 is 0.906 bits per heavy atom. The van der Waals surface area contributed by atoms with Gasteiger partial charge in [-0.3, -0.25) is 14.5 Å². The number of nitrogens with zero attached hydrogens (tertiary/aromatic N) is 3. The minimum absolute atomic E-state index is 0.0573. The molecule has 1 fully saturated rings. The minimum atomic E-state index is -0.162. The number of amides is 1. The summed E-state index contributed by atoms with van der Waals surface area (Å²) in [5, 5.41) is 0.600. The molecule has 2 heterocycles. The van der Waals surface area contributed by atoms with Crippen molar-refractivity contribution >= 4 is 17.5 Å². The molecule has 1 aliphatic heterocycles. The standard InChI is InChI=1S/C25H26ClN3O3/c26-23-9-5-4-6-20(23)18-29-19-21(10-11-24(29)30)25(31)28-14-12-27(13-15-28)16-17-32-22-7-2-1-3-8-22/h1-11,19H,12-18H2. The van der Waals surface area contributed by atoms with Crippen LogP contribution < -0.4 is 10.3 Å². The van der Waals surface area contributed by atoms with Crippen molar-refractivity contribution in [3.63, 3.8) is 0 Å². The molecule has 1 amide bonds. The Labute approximate surface area is 192 Å². The van der Waals surface area contributed by atoms with E-state index in [4.69, 9.17) is 16.3 Å². The fourth-order valence-electron chi connectivity index (χ4n) is 3.76. The number of benzene rings is 2. The number of pyridine rings is 1. The van der Waals surface area contributed by atoms with Crippen LogP contribution in [0.25, 0.3) is 0 Å². The van der Waals surface area contributed by atoms with Crippen LogP contribution in [0.5, 0.6) is 5.75 Å². The first-order valence-electron chi connectivity index (χ1n) is 10.7. The van der Waals surface area contributed by atoms with E-state index in [1.807, 2.05) is 53.4 Å². The molecule has 0 saturated carbocycles. The third kappa shape index (κ3) is 5.58. The molecule has 7 heteroatoms. The molecule has 0 radical (unpaired) electrons. The lowest BCUT2D eigenvalue weighted by atomic mass is 10.2. The number of hydrogen-bond acceptors (Lipinski definition) is 4. The number of piperazine rings is 1. The third-order valence-corrected chi connectivity index (χ3v) is 5.98. The first-order valence-corrected chi connectivity index (χ1v) is 11.1. The van der Waals surface area contributed by atoms with E-state index in [2.05, 4.69) is 4.90 Å². The van der Waals surface area contributed by atoms with Crippen LogP contribution in [-0.2, 0) is 6.54 Å². The van der Waals surface area contributed by atoms with Gasteiger partial charge in [0.15, 0.2) is 0 Å². The zero-order valence-corrected chi connectivity index (χ0v) is 18.6. The van der Waals surface area contributed by atoms with Gasteiger partial charge in [0.2, 0.25) is 0 Å². The lowest BCUT2D eigenvalue weighted by molar-refractivity contribution is 0.0619. The number of ether oxygens (including phenoxy) is 1. The van der Waals surface area contributed by atoms with Crippen molar-refractivity contribution in [3.8, 4) is 5.75 Å². The molecule has 32 heavy (non-hydrogen) atoms. The summed E-state index contributed by atoms with van der Waals surface area (Å²) in [6.45, 7) is 4.65. The number of hydrogen-bond donors (Lipinski definition) is 0. The van der Waals surface area contributed by atoms with E-state index in [1.54, 1.807) is 18.3 Å². The predicted octanol–water partition coefficient (Wildman–Crippen LogP) is 3.39. The number of carbonyl (C=O) groups is 1. The molecule has 1 saturated heterocycles. The normalized spacial score (nSPS) is 14.3. The highest BCUT2D eigenvalue weighted by Gasteiger charge is 2.22. The number of para-hydroxylation sites is 1. The summed E-state index contributed by atoms with van der Waals surface area (Å²) in [6.07, 6.45) is 1.63. The monoisotopic (exact) mass is 451 g/mol. The second-order valence-electron chi connectivity index (χ2n) is 7.77. The van der Waals surface area contributed by atoms with Crippen LogP contribution >= 0.6 is 11.6 Å². The molecule has 0 aliphatic carbocycles. The molecule has 0 spiro atoms. The Bertz CT molecular complexity index is 1110. The van der Waals surface area contributed by atoms with Gasteiger partial charge in [-0.05, 0) is 29.8 Å². The Balaban J connectivity index is 1.32. The van der Waals surface area contributed by atoms with Crippen molar-refractivity contribution < 1.29 is 9.53 Å². The van der Waals surface area contributed by atoms with Gasteiger partial charge in [-0.15, -0.1) is 0 Å². The number of aromatic nitrogens is 1. The summed E-state index contributed by atoms with van der Waals surface area (Å²) >= 11 is 6.23. The van der Waals surface area contributed by atoms with Crippen molar-refractivity contribution in [1.29, 1.82) is 0 Å². The van der Waals surface area contributed by atoms with E-state index in [1.165, 1.54) is 10.6 Å². The van der Waals surface area contributed by atoms with Gasteiger partial charge in [0, 0.05) is 50.0 Å². The van der Waals surface area contributed by atoms with Crippen molar-refractivity contribution in [2.75, 3.05) is 39.3 Å². The molecule has 3 aromatic rings. The first-order chi connectivity index (χ1) is 15.6. The second-order valence-corrected chi connectivity index (χ2v) is 8.18. The van der Waals surface area contributed by atoms with Gasteiger partial charge in [-0.2, -0.15) is 0 Å². The summed E-state index contributed by atoms with van der Waals surface area (Å²) in [5.41, 5.74) is 1.19. The summed E-state index contributed by atoms with van der Waals surface area (Å²) in [6, 6.07) is 20.2. The van der Waals surface area contributed by atoms with Gasteiger partial charge in [0.05, 0.1) is 12.1 Å². The zero-order valence-electron chi connectivity index (χ0n) is 17.8. The maximum atomic E-state index is 13.0. The average Bonchev–Trinajstić information content (AvgIpc) is 2.82. The van der Waals surface area contributed by atoms with Gasteiger partial charge in [-0.25, -0.2) is 0 Å². The summed E-state index contributed by atoms with van der Waals surface area (Å²) in [4.78, 5) is 29.5. The molecule has 4 rings (SSSR count). The lowest BCUT2D eigenvalue weighted by Crippen LogP contribution is -2.49. The van der Waals surface area contributed by atoms with Gasteiger partial charge in [0.1, 0.15) is 12.4 Å². The summed E-state index contributed by atoms with van der Waals surface area (Å²) in [5.74, 6) is 0.811. The van der Waals surface area contributed by atoms with Crippen LogP contribution in [0.15, 0.2) is 77.7 Å². The van der Waals surface area contributed by atoms with Crippen LogP contribution in [0.3, 0.4) is 0 Å². The molecular weight excluding hydrogens is 426 g/mol. The van der Waals surface area contributed by atoms with Crippen LogP contribution in [0, 0.1) is 0 Å². The van der Waals surface area contributed by atoms with Crippen LogP contribution in [0.4, 0.5) is 0 Å². The average molecular weight is 452 g/mol. The fraction of sp³-hybridized carbons (Fsp3) is 0.280. The highest BCUT2D eigenvalue weighted by Crippen LogP contribution is 2.16. The van der Waals surface area contributed by atoms with Crippen molar-refractivity contribution in [2.24, 2.45) is 0 Å². The lowest BCUT2D eigenvalue weighted by Gasteiger charge is -2.34. The fourth-order valence-corrected chi connectivity index (χ4v) is 3.95. The van der Waals surface area contributed by atoms with E-state index in [-0.39, 0.29) is 11.5 Å². The molecule has 1 aromatic heterocycles. The van der Waals surface area contributed by atoms with Crippen LogP contribution in [0.2, 0.25) is 5.02 Å². The van der Waals surface area contributed by atoms with Crippen molar-refractivity contribution in [2.45, 2.75) is 6.54 Å². The van der Waals surface area contributed by atoms with Gasteiger partial charge < -0.3 is 14.2 Å². The maximum absolute atomic E-state index is 13.0. The van der Waals surface area contributed by atoms with E-state index >= 15 is 0 Å². The highest BCUT2D eigenvalue weighted by atomic mass is 35.5. The maximum Gasteiger partial charge on any atom is 0.255 e. The molecule has 166 valence electrons. The molecule has 0 unspecified atom stereocenters. The molecule has 0 N–H and O–H groups in total. The number of carbonyl (C=O) groups excluding carboxylic acids is 1. The smallest absolute Gasteiger partial charge is 0.255 e. The van der Waals surface area contributed by atoms with Gasteiger partial charge >= 0.3 is 0 Å². The Morgan fingerprint density at radius 2 is 1.62 bits per heavy atom. The van der Waals surface area contributed by atoms with Gasteiger partial charge in [0.25, 0.3) is 11.5 Å². The summed E-state index contributed by atoms with van der Waals surface area (Å²) < 4.78 is 7.30. The van der Waals surface area contributed by atoms with Crippen LogP contribution in [-0.4, -0.2) is 59.6 Å². The zero-order chi connectivity index (χ0) is 22.3. The number of halogens is 1. The van der Waals surface area contributed by atoms with E-state index in [0.717, 1.165) is 30.9 Å². The number of rotatable bonds is 7.